The first-order valence-corrected chi connectivity index (χ1v) is 12.7. The van der Waals surface area contributed by atoms with Gasteiger partial charge in [-0.2, -0.15) is 4.31 Å². The summed E-state index contributed by atoms with van der Waals surface area (Å²) in [4.78, 5) is 15.1. The van der Waals surface area contributed by atoms with Crippen LogP contribution in [0.2, 0.25) is 0 Å². The first-order chi connectivity index (χ1) is 14.1. The second kappa shape index (κ2) is 9.04. The monoisotopic (exact) mass is 419 g/mol. The number of nitrogens with one attached hydrogen (secondary N) is 1. The zero-order valence-electron chi connectivity index (χ0n) is 17.2. The lowest BCUT2D eigenvalue weighted by Crippen LogP contribution is -2.34. The lowest BCUT2D eigenvalue weighted by molar-refractivity contribution is 0.0951. The molecule has 3 fully saturated rings. The van der Waals surface area contributed by atoms with Gasteiger partial charge in [0.2, 0.25) is 10.0 Å². The van der Waals surface area contributed by atoms with Gasteiger partial charge in [-0.15, -0.1) is 0 Å². The predicted octanol–water partition coefficient (Wildman–Crippen LogP) is 3.52. The van der Waals surface area contributed by atoms with Crippen LogP contribution in [0.5, 0.6) is 0 Å². The molecule has 1 aromatic rings. The second-order valence-electron chi connectivity index (χ2n) is 8.65. The average molecular weight is 420 g/mol. The van der Waals surface area contributed by atoms with Gasteiger partial charge in [0.15, 0.2) is 0 Å². The van der Waals surface area contributed by atoms with Crippen LogP contribution in [0.3, 0.4) is 0 Å². The molecule has 1 saturated carbocycles. The summed E-state index contributed by atoms with van der Waals surface area (Å²) in [6.07, 6.45) is 10.5. The lowest BCUT2D eigenvalue weighted by atomic mass is 10.1. The number of anilines is 1. The molecule has 1 amide bonds. The van der Waals surface area contributed by atoms with Crippen molar-refractivity contribution in [2.24, 2.45) is 0 Å². The van der Waals surface area contributed by atoms with Gasteiger partial charge < -0.3 is 10.2 Å². The molecule has 29 heavy (non-hydrogen) atoms. The van der Waals surface area contributed by atoms with Crippen LogP contribution >= 0.6 is 0 Å². The topological polar surface area (TPSA) is 69.7 Å². The summed E-state index contributed by atoms with van der Waals surface area (Å²) >= 11 is 0. The van der Waals surface area contributed by atoms with E-state index in [0.717, 1.165) is 70.1 Å². The molecule has 2 aliphatic heterocycles. The van der Waals surface area contributed by atoms with E-state index in [-0.39, 0.29) is 11.9 Å². The maximum absolute atomic E-state index is 13.7. The van der Waals surface area contributed by atoms with Crippen LogP contribution in [0.25, 0.3) is 0 Å². The SMILES string of the molecule is O=C(NC1CC1)c1ccc(N2CCCCCC2)c(S(=O)(=O)N2CCCCCC2)c1. The molecule has 1 aliphatic carbocycles. The molecule has 0 atom stereocenters. The molecule has 160 valence electrons. The number of benzene rings is 1. The van der Waals surface area contributed by atoms with Gasteiger partial charge in [0, 0.05) is 37.8 Å². The van der Waals surface area contributed by atoms with Crippen molar-refractivity contribution in [2.75, 3.05) is 31.1 Å². The third-order valence-corrected chi connectivity index (χ3v) is 8.19. The Labute approximate surface area is 174 Å². The third kappa shape index (κ3) is 4.94. The summed E-state index contributed by atoms with van der Waals surface area (Å²) in [6.45, 7) is 2.88. The van der Waals surface area contributed by atoms with E-state index in [2.05, 4.69) is 10.2 Å². The second-order valence-corrected chi connectivity index (χ2v) is 10.6. The number of hydrogen-bond donors (Lipinski definition) is 1. The van der Waals surface area contributed by atoms with Crippen molar-refractivity contribution in [1.82, 2.24) is 9.62 Å². The van der Waals surface area contributed by atoms with Crippen LogP contribution in [0.1, 0.15) is 74.6 Å². The Morgan fingerprint density at radius 2 is 1.45 bits per heavy atom. The highest BCUT2D eigenvalue weighted by atomic mass is 32.2. The zero-order chi connectivity index (χ0) is 20.3. The number of hydrogen-bond acceptors (Lipinski definition) is 4. The van der Waals surface area contributed by atoms with Crippen LogP contribution in [0.15, 0.2) is 23.1 Å². The summed E-state index contributed by atoms with van der Waals surface area (Å²) in [5, 5.41) is 2.99. The van der Waals surface area contributed by atoms with E-state index < -0.39 is 10.0 Å². The minimum absolute atomic E-state index is 0.165. The number of carbonyl (C=O) groups is 1. The predicted molar refractivity (Wildman–Crippen MR) is 115 cm³/mol. The smallest absolute Gasteiger partial charge is 0.251 e. The molecule has 1 aromatic carbocycles. The van der Waals surface area contributed by atoms with Crippen molar-refractivity contribution < 1.29 is 13.2 Å². The molecule has 0 unspecified atom stereocenters. The summed E-state index contributed by atoms with van der Waals surface area (Å²) in [5.74, 6) is -0.165. The normalized spacial score (nSPS) is 22.0. The summed E-state index contributed by atoms with van der Waals surface area (Å²) in [5.41, 5.74) is 1.21. The fraction of sp³-hybridized carbons (Fsp3) is 0.682. The molecule has 0 radical (unpaired) electrons. The molecule has 2 saturated heterocycles. The van der Waals surface area contributed by atoms with Crippen molar-refractivity contribution in [3.8, 4) is 0 Å². The fourth-order valence-electron chi connectivity index (χ4n) is 4.35. The molecule has 0 aromatic heterocycles. The summed E-state index contributed by atoms with van der Waals surface area (Å²) < 4.78 is 29.0. The van der Waals surface area contributed by atoms with Gasteiger partial charge >= 0.3 is 0 Å². The Balaban J connectivity index is 1.70. The van der Waals surface area contributed by atoms with E-state index in [1.165, 1.54) is 12.8 Å². The Morgan fingerprint density at radius 1 is 0.862 bits per heavy atom. The quantitative estimate of drug-likeness (QED) is 0.793. The molecule has 3 aliphatic rings. The average Bonchev–Trinajstić information content (AvgIpc) is 3.55. The van der Waals surface area contributed by atoms with Crippen molar-refractivity contribution in [2.45, 2.75) is 75.1 Å². The van der Waals surface area contributed by atoms with Crippen LogP contribution < -0.4 is 10.2 Å². The first kappa shape index (κ1) is 20.7. The lowest BCUT2D eigenvalue weighted by Gasteiger charge is -2.28. The van der Waals surface area contributed by atoms with Crippen molar-refractivity contribution in [3.05, 3.63) is 23.8 Å². The molecule has 0 spiro atoms. The standard InChI is InChI=1S/C22H33N3O3S/c26-22(23-19-10-11-19)18-9-12-20(24-13-5-1-2-6-14-24)21(17-18)29(27,28)25-15-7-3-4-8-16-25/h9,12,17,19H,1-8,10-11,13-16H2,(H,23,26). The number of amides is 1. The zero-order valence-corrected chi connectivity index (χ0v) is 18.1. The van der Waals surface area contributed by atoms with E-state index >= 15 is 0 Å². The Morgan fingerprint density at radius 3 is 2.03 bits per heavy atom. The van der Waals surface area contributed by atoms with Gasteiger partial charge in [0.05, 0.1) is 5.69 Å². The van der Waals surface area contributed by atoms with Crippen molar-refractivity contribution in [3.63, 3.8) is 0 Å². The summed E-state index contributed by atoms with van der Waals surface area (Å²) in [6, 6.07) is 5.52. The molecular weight excluding hydrogens is 386 g/mol. The largest absolute Gasteiger partial charge is 0.370 e. The van der Waals surface area contributed by atoms with Gasteiger partial charge in [-0.3, -0.25) is 4.79 Å². The van der Waals surface area contributed by atoms with Gasteiger partial charge in [0.1, 0.15) is 4.90 Å². The molecular formula is C22H33N3O3S. The van der Waals surface area contributed by atoms with E-state index in [9.17, 15) is 13.2 Å². The Hall–Kier alpha value is -1.60. The van der Waals surface area contributed by atoms with E-state index in [4.69, 9.17) is 0 Å². The Kier molecular flexibility index (Phi) is 6.44. The molecule has 1 N–H and O–H groups in total. The molecule has 2 heterocycles. The number of rotatable bonds is 5. The molecule has 6 nitrogen and oxygen atoms in total. The van der Waals surface area contributed by atoms with Gasteiger partial charge in [-0.1, -0.05) is 25.7 Å². The van der Waals surface area contributed by atoms with Crippen molar-refractivity contribution in [1.29, 1.82) is 0 Å². The van der Waals surface area contributed by atoms with Crippen LogP contribution in [0, 0.1) is 0 Å². The highest BCUT2D eigenvalue weighted by molar-refractivity contribution is 7.89. The van der Waals surface area contributed by atoms with Crippen LogP contribution in [-0.4, -0.2) is 50.9 Å². The minimum atomic E-state index is -3.63. The number of nitrogens with zero attached hydrogens (tertiary/aromatic N) is 2. The van der Waals surface area contributed by atoms with E-state index in [0.29, 0.717) is 23.5 Å². The van der Waals surface area contributed by atoms with Gasteiger partial charge in [-0.25, -0.2) is 8.42 Å². The number of carbonyl (C=O) groups excluding carboxylic acids is 1. The van der Waals surface area contributed by atoms with Crippen LogP contribution in [-0.2, 0) is 10.0 Å². The van der Waals surface area contributed by atoms with E-state index in [1.807, 2.05) is 6.07 Å². The Bertz CT molecular complexity index is 820. The first-order valence-electron chi connectivity index (χ1n) is 11.3. The third-order valence-electron chi connectivity index (χ3n) is 6.26. The fourth-order valence-corrected chi connectivity index (χ4v) is 6.11. The van der Waals surface area contributed by atoms with Crippen molar-refractivity contribution >= 4 is 21.6 Å². The highest BCUT2D eigenvalue weighted by Gasteiger charge is 2.31. The minimum Gasteiger partial charge on any atom is -0.370 e. The van der Waals surface area contributed by atoms with Crippen LogP contribution in [0.4, 0.5) is 5.69 Å². The summed E-state index contributed by atoms with van der Waals surface area (Å²) in [7, 11) is -3.63. The number of sulfonamides is 1. The molecule has 4 rings (SSSR count). The highest BCUT2D eigenvalue weighted by Crippen LogP contribution is 2.32. The maximum atomic E-state index is 13.7. The maximum Gasteiger partial charge on any atom is 0.251 e. The van der Waals surface area contributed by atoms with Gasteiger partial charge in [-0.05, 0) is 56.7 Å². The molecule has 7 heteroatoms. The van der Waals surface area contributed by atoms with E-state index in [1.54, 1.807) is 16.4 Å². The molecule has 0 bridgehead atoms. The van der Waals surface area contributed by atoms with Gasteiger partial charge in [0.25, 0.3) is 5.91 Å².